The zero-order valence-electron chi connectivity index (χ0n) is 8.39. The minimum absolute atomic E-state index is 0.159. The maximum absolute atomic E-state index is 11.3. The van der Waals surface area contributed by atoms with Crippen LogP contribution in [-0.2, 0) is 4.79 Å². The van der Waals surface area contributed by atoms with E-state index in [1.54, 1.807) is 12.1 Å². The van der Waals surface area contributed by atoms with Gasteiger partial charge in [-0.1, -0.05) is 18.2 Å². The second-order valence-electron chi connectivity index (χ2n) is 3.29. The van der Waals surface area contributed by atoms with Crippen molar-refractivity contribution in [3.8, 4) is 0 Å². The molecule has 0 aromatic heterocycles. The van der Waals surface area contributed by atoms with E-state index in [0.717, 1.165) is 5.69 Å². The van der Waals surface area contributed by atoms with E-state index in [0.29, 0.717) is 0 Å². The highest BCUT2D eigenvalue weighted by Crippen LogP contribution is 2.06. The normalized spacial score (nSPS) is 12.1. The Morgan fingerprint density at radius 2 is 2.00 bits per heavy atom. The lowest BCUT2D eigenvalue weighted by Gasteiger charge is -2.07. The van der Waals surface area contributed by atoms with Crippen LogP contribution < -0.4 is 5.32 Å². The molecule has 15 heavy (non-hydrogen) atoms. The predicted molar refractivity (Wildman–Crippen MR) is 57.4 cm³/mol. The van der Waals surface area contributed by atoms with Gasteiger partial charge in [0.15, 0.2) is 0 Å². The van der Waals surface area contributed by atoms with Crippen LogP contribution in [0.15, 0.2) is 30.3 Å². The number of aliphatic hydroxyl groups excluding tert-OH is 2. The Kier molecular flexibility index (Phi) is 4.80. The Balaban J connectivity index is 2.31. The number of nitrogens with one attached hydrogen (secondary N) is 1. The summed E-state index contributed by atoms with van der Waals surface area (Å²) in [6, 6.07) is 9.11. The van der Waals surface area contributed by atoms with Crippen molar-refractivity contribution < 1.29 is 15.0 Å². The minimum atomic E-state index is -0.813. The molecule has 0 aliphatic rings. The van der Waals surface area contributed by atoms with Gasteiger partial charge in [-0.2, -0.15) is 0 Å². The molecule has 4 nitrogen and oxygen atoms in total. The summed E-state index contributed by atoms with van der Waals surface area (Å²) in [5.41, 5.74) is 0.737. The van der Waals surface area contributed by atoms with Crippen molar-refractivity contribution in [2.24, 2.45) is 0 Å². The Hall–Kier alpha value is -1.39. The van der Waals surface area contributed by atoms with Crippen molar-refractivity contribution in [2.75, 3.05) is 11.9 Å². The second kappa shape index (κ2) is 6.16. The highest BCUT2D eigenvalue weighted by atomic mass is 16.3. The largest absolute Gasteiger partial charge is 0.394 e. The Morgan fingerprint density at radius 3 is 2.60 bits per heavy atom. The lowest BCUT2D eigenvalue weighted by atomic mass is 10.2. The van der Waals surface area contributed by atoms with E-state index in [1.807, 2.05) is 18.2 Å². The number of aliphatic hydroxyl groups is 2. The molecule has 82 valence electrons. The summed E-state index contributed by atoms with van der Waals surface area (Å²) in [7, 11) is 0. The van der Waals surface area contributed by atoms with Crippen molar-refractivity contribution in [3.05, 3.63) is 30.3 Å². The van der Waals surface area contributed by atoms with Crippen LogP contribution in [0, 0.1) is 0 Å². The zero-order valence-corrected chi connectivity index (χ0v) is 8.39. The average molecular weight is 209 g/mol. The molecule has 0 spiro atoms. The van der Waals surface area contributed by atoms with Gasteiger partial charge >= 0.3 is 0 Å². The van der Waals surface area contributed by atoms with E-state index in [-0.39, 0.29) is 25.4 Å². The molecule has 0 radical (unpaired) electrons. The molecule has 1 rings (SSSR count). The molecule has 1 aromatic rings. The van der Waals surface area contributed by atoms with Gasteiger partial charge in [0.1, 0.15) is 0 Å². The molecule has 0 fully saturated rings. The summed E-state index contributed by atoms with van der Waals surface area (Å²) >= 11 is 0. The van der Waals surface area contributed by atoms with Crippen molar-refractivity contribution in [3.63, 3.8) is 0 Å². The van der Waals surface area contributed by atoms with E-state index in [1.165, 1.54) is 0 Å². The number of anilines is 1. The number of carbonyl (C=O) groups excluding carboxylic acids is 1. The highest BCUT2D eigenvalue weighted by molar-refractivity contribution is 5.90. The first-order valence-electron chi connectivity index (χ1n) is 4.86. The first-order valence-corrected chi connectivity index (χ1v) is 4.86. The lowest BCUT2D eigenvalue weighted by molar-refractivity contribution is -0.116. The summed E-state index contributed by atoms with van der Waals surface area (Å²) in [5, 5.41) is 20.3. The Morgan fingerprint density at radius 1 is 1.33 bits per heavy atom. The van der Waals surface area contributed by atoms with Gasteiger partial charge in [-0.15, -0.1) is 0 Å². The van der Waals surface area contributed by atoms with E-state index in [4.69, 9.17) is 10.2 Å². The molecule has 0 aliphatic heterocycles. The van der Waals surface area contributed by atoms with Crippen LogP contribution in [0.2, 0.25) is 0 Å². The SMILES string of the molecule is O=C(CC[C@H](O)CO)Nc1ccccc1. The zero-order chi connectivity index (χ0) is 11.1. The minimum Gasteiger partial charge on any atom is -0.394 e. The van der Waals surface area contributed by atoms with E-state index < -0.39 is 6.10 Å². The maximum atomic E-state index is 11.3. The predicted octanol–water partition coefficient (Wildman–Crippen LogP) is 0.758. The molecule has 0 unspecified atom stereocenters. The summed E-state index contributed by atoms with van der Waals surface area (Å²) in [6.45, 7) is -0.307. The molecule has 0 heterocycles. The number of rotatable bonds is 5. The van der Waals surface area contributed by atoms with Crippen LogP contribution in [0.3, 0.4) is 0 Å². The van der Waals surface area contributed by atoms with Crippen molar-refractivity contribution in [1.29, 1.82) is 0 Å². The van der Waals surface area contributed by atoms with Gasteiger partial charge in [-0.25, -0.2) is 0 Å². The van der Waals surface area contributed by atoms with Crippen LogP contribution in [0.1, 0.15) is 12.8 Å². The Bertz CT molecular complexity index is 300. The number of hydrogen-bond acceptors (Lipinski definition) is 3. The summed E-state index contributed by atoms with van der Waals surface area (Å²) in [5.74, 6) is -0.159. The van der Waals surface area contributed by atoms with Crippen molar-refractivity contribution in [2.45, 2.75) is 18.9 Å². The number of amides is 1. The molecule has 0 saturated carbocycles. The molecule has 1 aromatic carbocycles. The van der Waals surface area contributed by atoms with Gasteiger partial charge in [0, 0.05) is 12.1 Å². The molecular formula is C11H15NO3. The van der Waals surface area contributed by atoms with E-state index >= 15 is 0 Å². The van der Waals surface area contributed by atoms with Gasteiger partial charge in [0.2, 0.25) is 5.91 Å². The van der Waals surface area contributed by atoms with Gasteiger partial charge in [-0.05, 0) is 18.6 Å². The second-order valence-corrected chi connectivity index (χ2v) is 3.29. The van der Waals surface area contributed by atoms with Crippen molar-refractivity contribution in [1.82, 2.24) is 0 Å². The third-order valence-electron chi connectivity index (χ3n) is 1.97. The van der Waals surface area contributed by atoms with E-state index in [9.17, 15) is 4.79 Å². The quantitative estimate of drug-likeness (QED) is 0.670. The fourth-order valence-corrected chi connectivity index (χ4v) is 1.13. The molecule has 3 N–H and O–H groups in total. The van der Waals surface area contributed by atoms with Crippen LogP contribution in [0.4, 0.5) is 5.69 Å². The molecule has 0 bridgehead atoms. The Labute approximate surface area is 88.6 Å². The molecular weight excluding hydrogens is 194 g/mol. The van der Waals surface area contributed by atoms with Crippen LogP contribution in [0.25, 0.3) is 0 Å². The fourth-order valence-electron chi connectivity index (χ4n) is 1.13. The van der Waals surface area contributed by atoms with Gasteiger partial charge in [0.25, 0.3) is 0 Å². The van der Waals surface area contributed by atoms with Gasteiger partial charge < -0.3 is 15.5 Å². The monoisotopic (exact) mass is 209 g/mol. The molecule has 4 heteroatoms. The molecule has 1 atom stereocenters. The van der Waals surface area contributed by atoms with Gasteiger partial charge in [-0.3, -0.25) is 4.79 Å². The number of benzene rings is 1. The topological polar surface area (TPSA) is 69.6 Å². The number of hydrogen-bond donors (Lipinski definition) is 3. The van der Waals surface area contributed by atoms with Crippen molar-refractivity contribution >= 4 is 11.6 Å². The highest BCUT2D eigenvalue weighted by Gasteiger charge is 2.06. The fraction of sp³-hybridized carbons (Fsp3) is 0.364. The molecule has 1 amide bonds. The first-order chi connectivity index (χ1) is 7.22. The number of carbonyl (C=O) groups is 1. The third kappa shape index (κ3) is 4.58. The lowest BCUT2D eigenvalue weighted by Crippen LogP contribution is -2.17. The summed E-state index contributed by atoms with van der Waals surface area (Å²) < 4.78 is 0. The van der Waals surface area contributed by atoms with E-state index in [2.05, 4.69) is 5.32 Å². The number of para-hydroxylation sites is 1. The summed E-state index contributed by atoms with van der Waals surface area (Å²) in [6.07, 6.45) is -0.335. The van der Waals surface area contributed by atoms with Gasteiger partial charge in [0.05, 0.1) is 12.7 Å². The van der Waals surface area contributed by atoms with Crippen LogP contribution in [0.5, 0.6) is 0 Å². The van der Waals surface area contributed by atoms with Crippen LogP contribution >= 0.6 is 0 Å². The third-order valence-corrected chi connectivity index (χ3v) is 1.97. The maximum Gasteiger partial charge on any atom is 0.224 e. The summed E-state index contributed by atoms with van der Waals surface area (Å²) in [4.78, 5) is 11.3. The average Bonchev–Trinajstić information content (AvgIpc) is 2.27. The molecule has 0 saturated heterocycles. The first kappa shape index (κ1) is 11.7. The standard InChI is InChI=1S/C11H15NO3/c13-8-10(14)6-7-11(15)12-9-4-2-1-3-5-9/h1-5,10,13-14H,6-8H2,(H,12,15)/t10-/m0/s1. The smallest absolute Gasteiger partial charge is 0.224 e. The van der Waals surface area contributed by atoms with Crippen LogP contribution in [-0.4, -0.2) is 28.8 Å². The molecule has 0 aliphatic carbocycles.